The summed E-state index contributed by atoms with van der Waals surface area (Å²) in [7, 11) is 0. The number of aromatic nitrogens is 7. The predicted octanol–water partition coefficient (Wildman–Crippen LogP) is 0.825. The summed E-state index contributed by atoms with van der Waals surface area (Å²) in [5, 5.41) is 7.52. The van der Waals surface area contributed by atoms with Gasteiger partial charge in [0, 0.05) is 12.6 Å². The van der Waals surface area contributed by atoms with Crippen LogP contribution in [0.25, 0.3) is 11.2 Å². The molecule has 3 saturated heterocycles. The molecule has 0 aromatic carbocycles. The fraction of sp³-hybridized carbons (Fsp3) is 0.550. The molecule has 242 valence electrons. The summed E-state index contributed by atoms with van der Waals surface area (Å²) in [5.74, 6) is -0.617. The van der Waals surface area contributed by atoms with Gasteiger partial charge in [-0.05, 0) is 11.8 Å². The SMILES string of the molecule is Nc1nc2c(nnn2[C@@H]2O[C@@H]3COP(O)(=S)O[C@H]4[C@H](F)[C@H](n5cnc6c5N=CCC6=O)O[C@@H]4COP(=O)(S)O[C@@H]2[C@@H]3F)c(=O)[nH]1. The molecule has 0 spiro atoms. The van der Waals surface area contributed by atoms with E-state index in [1.54, 1.807) is 0 Å². The van der Waals surface area contributed by atoms with Gasteiger partial charge in [0.2, 0.25) is 5.95 Å². The summed E-state index contributed by atoms with van der Waals surface area (Å²) in [4.78, 5) is 49.7. The summed E-state index contributed by atoms with van der Waals surface area (Å²) >= 11 is 9.05. The first-order valence-electron chi connectivity index (χ1n) is 13.0. The predicted molar refractivity (Wildman–Crippen MR) is 152 cm³/mol. The number of ether oxygens (including phenoxy) is 2. The molecule has 45 heavy (non-hydrogen) atoms. The Labute approximate surface area is 259 Å². The molecule has 2 bridgehead atoms. The molecular formula is C20H21F2N9O10P2S2. The van der Waals surface area contributed by atoms with Crippen LogP contribution in [0.1, 0.15) is 29.4 Å². The van der Waals surface area contributed by atoms with Crippen molar-refractivity contribution < 1.29 is 50.6 Å². The number of nitrogens with two attached hydrogens (primary N) is 1. The zero-order chi connectivity index (χ0) is 31.8. The molecule has 10 atom stereocenters. The van der Waals surface area contributed by atoms with Crippen molar-refractivity contribution in [1.29, 1.82) is 0 Å². The minimum absolute atomic E-state index is 0.00457. The zero-order valence-corrected chi connectivity index (χ0v) is 25.7. The van der Waals surface area contributed by atoms with Crippen molar-refractivity contribution in [2.45, 2.75) is 55.6 Å². The van der Waals surface area contributed by atoms with E-state index >= 15 is 8.78 Å². The standard InChI is InChI=1S/C20H21F2N9O10P2S2/c21-9-7-3-36-42(34,44)40-13-8(39-18(10(13)22)30-5-25-11-6(32)1-2-24-15(11)30)4-37-43(35,45)41-14(9)19(38-7)31-16-12(28-29-31)17(33)27-20(23)26-16/h2,5,7-10,13-14,18-19H,1,3-4H2,(H,34,44)(H,35,45)(H3,23,26,27,33)/t7-,8-,9-,10+,13-,14-,18-,19-,42?,43?/m1/s1. The van der Waals surface area contributed by atoms with Crippen LogP contribution in [0.5, 0.6) is 0 Å². The molecule has 7 heterocycles. The van der Waals surface area contributed by atoms with Crippen LogP contribution in [-0.2, 0) is 43.9 Å². The lowest BCUT2D eigenvalue weighted by atomic mass is 10.1. The van der Waals surface area contributed by atoms with Gasteiger partial charge in [0.25, 0.3) is 5.56 Å². The zero-order valence-electron chi connectivity index (χ0n) is 22.2. The van der Waals surface area contributed by atoms with Crippen LogP contribution in [0.15, 0.2) is 16.1 Å². The molecule has 2 unspecified atom stereocenters. The Morgan fingerprint density at radius 2 is 1.87 bits per heavy atom. The number of hydrogen-bond donors (Lipinski definition) is 4. The number of aromatic amines is 1. The van der Waals surface area contributed by atoms with Crippen molar-refractivity contribution in [1.82, 2.24) is 34.5 Å². The highest BCUT2D eigenvalue weighted by molar-refractivity contribution is 8.44. The third-order valence-electron chi connectivity index (χ3n) is 7.24. The van der Waals surface area contributed by atoms with E-state index in [1.165, 1.54) is 6.21 Å². The minimum atomic E-state index is -4.53. The molecule has 25 heteroatoms. The van der Waals surface area contributed by atoms with Crippen LogP contribution < -0.4 is 11.3 Å². The first-order valence-corrected chi connectivity index (χ1v) is 18.2. The Bertz CT molecular complexity index is 1880. The van der Waals surface area contributed by atoms with Crippen molar-refractivity contribution in [3.8, 4) is 0 Å². The Hall–Kier alpha value is -2.56. The molecule has 7 rings (SSSR count). The second kappa shape index (κ2) is 11.3. The fourth-order valence-corrected chi connectivity index (χ4v) is 8.11. The number of thiol groups is 1. The maximum absolute atomic E-state index is 16.0. The first-order chi connectivity index (χ1) is 21.3. The van der Waals surface area contributed by atoms with E-state index in [1.807, 2.05) is 0 Å². The number of fused-ring (bicyclic) bond motifs is 5. The second-order valence-corrected chi connectivity index (χ2v) is 15.8. The summed E-state index contributed by atoms with van der Waals surface area (Å²) in [6.07, 6.45) is -11.3. The molecule has 0 amide bonds. The maximum atomic E-state index is 16.0. The Balaban J connectivity index is 1.20. The molecule has 3 fully saturated rings. The molecule has 4 aliphatic heterocycles. The van der Waals surface area contributed by atoms with E-state index in [2.05, 4.69) is 42.5 Å². The van der Waals surface area contributed by atoms with Crippen molar-refractivity contribution in [3.05, 3.63) is 22.4 Å². The van der Waals surface area contributed by atoms with E-state index in [4.69, 9.17) is 45.1 Å². The normalized spacial score (nSPS) is 38.8. The number of alkyl halides is 2. The van der Waals surface area contributed by atoms with Gasteiger partial charge < -0.3 is 24.6 Å². The van der Waals surface area contributed by atoms with Crippen LogP contribution in [0, 0.1) is 0 Å². The van der Waals surface area contributed by atoms with Crippen molar-refractivity contribution in [2.75, 3.05) is 18.9 Å². The number of nitrogen functional groups attached to an aromatic ring is 1. The number of nitrogens with one attached hydrogen (secondary N) is 1. The third-order valence-corrected chi connectivity index (χ3v) is 10.4. The summed E-state index contributed by atoms with van der Waals surface area (Å²) in [5.41, 5.74) is 4.41. The average molecular weight is 712 g/mol. The molecule has 19 nitrogen and oxygen atoms in total. The van der Waals surface area contributed by atoms with E-state index < -0.39 is 81.5 Å². The molecular weight excluding hydrogens is 690 g/mol. The number of hydrogen-bond acceptors (Lipinski definition) is 16. The van der Waals surface area contributed by atoms with Crippen LogP contribution in [0.2, 0.25) is 0 Å². The van der Waals surface area contributed by atoms with Gasteiger partial charge in [-0.3, -0.25) is 32.7 Å². The highest BCUT2D eigenvalue weighted by Crippen LogP contribution is 2.59. The van der Waals surface area contributed by atoms with E-state index in [-0.39, 0.29) is 40.8 Å². The number of aliphatic imine (C=N–C) groups is 1. The fourth-order valence-electron chi connectivity index (χ4n) is 5.23. The number of imidazole rings is 1. The highest BCUT2D eigenvalue weighted by Gasteiger charge is 2.54. The maximum Gasteiger partial charge on any atom is 0.386 e. The lowest BCUT2D eigenvalue weighted by Gasteiger charge is -2.26. The quantitative estimate of drug-likeness (QED) is 0.212. The Morgan fingerprint density at radius 1 is 1.11 bits per heavy atom. The minimum Gasteiger partial charge on any atom is -0.369 e. The second-order valence-electron chi connectivity index (χ2n) is 10.1. The average Bonchev–Trinajstić information content (AvgIpc) is 3.72. The lowest BCUT2D eigenvalue weighted by molar-refractivity contribution is -0.0621. The van der Waals surface area contributed by atoms with Gasteiger partial charge in [0.05, 0.1) is 19.5 Å². The number of rotatable bonds is 2. The molecule has 4 aliphatic rings. The molecule has 0 radical (unpaired) electrons. The van der Waals surface area contributed by atoms with Crippen LogP contribution in [0.4, 0.5) is 20.5 Å². The van der Waals surface area contributed by atoms with Crippen LogP contribution in [0.3, 0.4) is 0 Å². The summed E-state index contributed by atoms with van der Waals surface area (Å²) in [6.45, 7) is -10.4. The largest absolute Gasteiger partial charge is 0.386 e. The number of anilines is 1. The van der Waals surface area contributed by atoms with E-state index in [9.17, 15) is 19.0 Å². The van der Waals surface area contributed by atoms with Crippen molar-refractivity contribution in [3.63, 3.8) is 0 Å². The molecule has 0 saturated carbocycles. The van der Waals surface area contributed by atoms with Crippen LogP contribution >= 0.6 is 25.8 Å². The molecule has 3 aromatic heterocycles. The number of Topliss-reactive ketones (excluding diaryl/α,β-unsaturated/α-hetero) is 1. The summed E-state index contributed by atoms with van der Waals surface area (Å²) < 4.78 is 80.4. The first kappa shape index (κ1) is 31.1. The smallest absolute Gasteiger partial charge is 0.369 e. The number of nitrogens with zero attached hydrogens (tertiary/aromatic N) is 7. The van der Waals surface area contributed by atoms with Gasteiger partial charge in [-0.25, -0.2) is 23.3 Å². The molecule has 3 aromatic rings. The van der Waals surface area contributed by atoms with Gasteiger partial charge in [-0.2, -0.15) is 9.67 Å². The van der Waals surface area contributed by atoms with Gasteiger partial charge in [-0.1, -0.05) is 17.5 Å². The lowest BCUT2D eigenvalue weighted by Crippen LogP contribution is -2.34. The third kappa shape index (κ3) is 5.58. The Morgan fingerprint density at radius 3 is 2.67 bits per heavy atom. The van der Waals surface area contributed by atoms with Crippen LogP contribution in [-0.4, -0.2) is 101 Å². The number of halogens is 2. The van der Waals surface area contributed by atoms with Gasteiger partial charge in [0.1, 0.15) is 24.4 Å². The Kier molecular flexibility index (Phi) is 7.80. The van der Waals surface area contributed by atoms with E-state index in [0.29, 0.717) is 0 Å². The van der Waals surface area contributed by atoms with Gasteiger partial charge in [0.15, 0.2) is 53.3 Å². The van der Waals surface area contributed by atoms with Gasteiger partial charge >= 0.3 is 13.5 Å². The molecule has 4 N–H and O–H groups in total. The van der Waals surface area contributed by atoms with E-state index in [0.717, 1.165) is 15.6 Å². The van der Waals surface area contributed by atoms with Crippen molar-refractivity contribution >= 4 is 72.5 Å². The number of carbonyl (C=O) groups is 1. The number of carbonyl (C=O) groups excluding carboxylic acids is 1. The number of H-pyrrole nitrogens is 1. The summed E-state index contributed by atoms with van der Waals surface area (Å²) in [6, 6.07) is 0. The molecule has 0 aliphatic carbocycles. The van der Waals surface area contributed by atoms with Gasteiger partial charge in [-0.15, -0.1) is 5.10 Å². The monoisotopic (exact) mass is 711 g/mol. The van der Waals surface area contributed by atoms with Crippen molar-refractivity contribution in [2.24, 2.45) is 4.99 Å². The highest BCUT2D eigenvalue weighted by atomic mass is 32.7. The number of ketones is 1. The topological polar surface area (TPSA) is 242 Å².